The van der Waals surface area contributed by atoms with Crippen LogP contribution in [-0.2, 0) is 0 Å². The molecule has 0 heterocycles. The zero-order valence-corrected chi connectivity index (χ0v) is 6.27. The summed E-state index contributed by atoms with van der Waals surface area (Å²) in [4.78, 5) is 0. The van der Waals surface area contributed by atoms with E-state index in [0.29, 0.717) is 0 Å². The van der Waals surface area contributed by atoms with Crippen LogP contribution in [-0.4, -0.2) is 16.4 Å². The van der Waals surface area contributed by atoms with E-state index in [4.69, 9.17) is 0 Å². The third-order valence-corrected chi connectivity index (χ3v) is 0. The summed E-state index contributed by atoms with van der Waals surface area (Å²) >= 11 is 0. The second kappa shape index (κ2) is 47.9. The Bertz CT molecular complexity index is 6.85. The fourth-order valence-corrected chi connectivity index (χ4v) is 0. The molecule has 0 fully saturated rings. The van der Waals surface area contributed by atoms with E-state index in [-0.39, 0.29) is 70.6 Å². The van der Waals surface area contributed by atoms with Gasteiger partial charge in [-0.1, -0.05) is 0 Å². The fourth-order valence-electron chi connectivity index (χ4n) is 0. The van der Waals surface area contributed by atoms with Gasteiger partial charge in [-0.25, -0.2) is 0 Å². The van der Waals surface area contributed by atoms with Crippen molar-refractivity contribution in [2.24, 2.45) is 0 Å². The monoisotopic (exact) mass is 229 g/mol. The van der Waals surface area contributed by atoms with Gasteiger partial charge in [-0.3, -0.25) is 0 Å². The molecule has 33 valence electrons. The Balaban J connectivity index is 0. The van der Waals surface area contributed by atoms with Crippen LogP contribution in [0.15, 0.2) is 0 Å². The summed E-state index contributed by atoms with van der Waals surface area (Å²) in [6, 6.07) is 0. The van der Waals surface area contributed by atoms with Crippen LogP contribution in [0.1, 0.15) is 0 Å². The molecule has 5 heteroatoms. The molecule has 0 aromatic heterocycles. The number of hydrogen-bond acceptors (Lipinski definition) is 0. The average Bonchev–Trinajstić information content (AvgIpc) is 0. The van der Waals surface area contributed by atoms with Crippen molar-refractivity contribution in [2.45, 2.75) is 0 Å². The molecule has 6 N–H and O–H groups in total. The Hall–Kier alpha value is 1.55. The molecule has 0 aliphatic carbocycles. The zero-order valence-electron chi connectivity index (χ0n) is 2.38. The largest absolute Gasteiger partial charge is 3.00 e. The van der Waals surface area contributed by atoms with E-state index in [1.165, 1.54) is 0 Å². The van der Waals surface area contributed by atoms with Crippen molar-refractivity contribution < 1.29 is 70.6 Å². The molecular weight excluding hydrogens is 224 g/mol. The van der Waals surface area contributed by atoms with E-state index >= 15 is 0 Å². The van der Waals surface area contributed by atoms with Crippen molar-refractivity contribution in [1.82, 2.24) is 0 Å². The molecule has 0 aromatic rings. The van der Waals surface area contributed by atoms with Crippen LogP contribution in [0.2, 0.25) is 0 Å². The van der Waals surface area contributed by atoms with Gasteiger partial charge in [-0.15, -0.1) is 0 Å². The quantitative estimate of drug-likeness (QED) is 0.396. The van der Waals surface area contributed by atoms with Gasteiger partial charge in [-0.05, 0) is 0 Å². The Morgan fingerprint density at radius 3 is 0.600 bits per heavy atom. The smallest absolute Gasteiger partial charge is 1.00 e. The van der Waals surface area contributed by atoms with Crippen molar-refractivity contribution in [3.8, 4) is 0 Å². The average molecular weight is 230 g/mol. The summed E-state index contributed by atoms with van der Waals surface area (Å²) in [5, 5.41) is 0. The second-order valence-electron chi connectivity index (χ2n) is 0. The maximum atomic E-state index is 0. The second-order valence-corrected chi connectivity index (χ2v) is 0. The Morgan fingerprint density at radius 1 is 0.600 bits per heavy atom. The fraction of sp³-hybridized carbons (Fsp3) is 0. The summed E-state index contributed by atoms with van der Waals surface area (Å²) < 4.78 is 0. The SMILES string of the molecule is O.O.O.[Ce+3].[Cl-]. The van der Waals surface area contributed by atoms with Crippen LogP contribution in [0.4, 0.5) is 0 Å². The van der Waals surface area contributed by atoms with Gasteiger partial charge < -0.3 is 28.8 Å². The number of rotatable bonds is 0. The maximum Gasteiger partial charge on any atom is 3.00 e. The molecule has 0 bridgehead atoms. The Labute approximate surface area is 69.8 Å². The van der Waals surface area contributed by atoms with E-state index in [9.17, 15) is 0 Å². The molecular formula is H6CeClO3+2. The van der Waals surface area contributed by atoms with E-state index < -0.39 is 0 Å². The summed E-state index contributed by atoms with van der Waals surface area (Å²) in [5.41, 5.74) is 0. The van der Waals surface area contributed by atoms with Gasteiger partial charge >= 0.3 is 41.7 Å². The van der Waals surface area contributed by atoms with Crippen molar-refractivity contribution in [3.63, 3.8) is 0 Å². The molecule has 0 aromatic carbocycles. The van der Waals surface area contributed by atoms with Gasteiger partial charge in [0.25, 0.3) is 0 Å². The maximum absolute atomic E-state index is 0. The number of halogens is 1. The van der Waals surface area contributed by atoms with E-state index in [1.807, 2.05) is 0 Å². The molecule has 0 amide bonds. The predicted molar refractivity (Wildman–Crippen MR) is 10.8 cm³/mol. The molecule has 0 unspecified atom stereocenters. The minimum atomic E-state index is 0. The third-order valence-electron chi connectivity index (χ3n) is 0. The Morgan fingerprint density at radius 2 is 0.600 bits per heavy atom. The van der Waals surface area contributed by atoms with E-state index in [2.05, 4.69) is 0 Å². The first kappa shape index (κ1) is 84.2. The first-order valence-electron chi connectivity index (χ1n) is 0. The standard InChI is InChI=1S/Ce.ClH.3H2O/h;1H;3*1H2/q+3;;;;/p-1. The van der Waals surface area contributed by atoms with Gasteiger partial charge in [0, 0.05) is 0 Å². The summed E-state index contributed by atoms with van der Waals surface area (Å²) in [7, 11) is 0. The van der Waals surface area contributed by atoms with Crippen molar-refractivity contribution in [2.75, 3.05) is 0 Å². The summed E-state index contributed by atoms with van der Waals surface area (Å²) in [6.45, 7) is 0. The van der Waals surface area contributed by atoms with Crippen LogP contribution in [0.25, 0.3) is 0 Å². The normalized spacial score (nSPS) is 0. The van der Waals surface area contributed by atoms with Crippen LogP contribution in [0.3, 0.4) is 0 Å². The Kier molecular flexibility index (Phi) is 807. The molecule has 0 aliphatic rings. The molecule has 1 radical (unpaired) electrons. The summed E-state index contributed by atoms with van der Waals surface area (Å²) in [6.07, 6.45) is 0. The topological polar surface area (TPSA) is 94.5 Å². The van der Waals surface area contributed by atoms with E-state index in [1.54, 1.807) is 0 Å². The molecule has 0 spiro atoms. The van der Waals surface area contributed by atoms with Gasteiger partial charge in [0.1, 0.15) is 0 Å². The van der Waals surface area contributed by atoms with Crippen molar-refractivity contribution in [1.29, 1.82) is 0 Å². The zero-order chi connectivity index (χ0) is 0. The van der Waals surface area contributed by atoms with Gasteiger partial charge in [-0.2, -0.15) is 0 Å². The minimum Gasteiger partial charge on any atom is -1.00 e. The van der Waals surface area contributed by atoms with Crippen LogP contribution in [0, 0.1) is 41.7 Å². The molecule has 0 saturated carbocycles. The molecule has 3 nitrogen and oxygen atoms in total. The van der Waals surface area contributed by atoms with Gasteiger partial charge in [0.15, 0.2) is 0 Å². The van der Waals surface area contributed by atoms with Crippen molar-refractivity contribution in [3.05, 3.63) is 0 Å². The predicted octanol–water partition coefficient (Wildman–Crippen LogP) is -5.47. The van der Waals surface area contributed by atoms with Crippen LogP contribution in [0.5, 0.6) is 0 Å². The molecule has 0 rings (SSSR count). The number of hydrogen-bond donors (Lipinski definition) is 0. The van der Waals surface area contributed by atoms with Gasteiger partial charge in [0.2, 0.25) is 0 Å². The molecule has 0 aliphatic heterocycles. The van der Waals surface area contributed by atoms with Crippen LogP contribution >= 0.6 is 0 Å². The van der Waals surface area contributed by atoms with E-state index in [0.717, 1.165) is 0 Å². The molecule has 5 heavy (non-hydrogen) atoms. The minimum absolute atomic E-state index is 0. The van der Waals surface area contributed by atoms with Gasteiger partial charge in [0.05, 0.1) is 0 Å². The molecule has 0 saturated heterocycles. The first-order valence-corrected chi connectivity index (χ1v) is 0. The third kappa shape index (κ3) is 29.2. The summed E-state index contributed by atoms with van der Waals surface area (Å²) in [5.74, 6) is 0. The van der Waals surface area contributed by atoms with Crippen molar-refractivity contribution >= 4 is 0 Å². The first-order chi connectivity index (χ1) is 0. The molecule has 0 atom stereocenters. The van der Waals surface area contributed by atoms with Crippen LogP contribution < -0.4 is 12.4 Å².